The second kappa shape index (κ2) is 5.35. The molecule has 1 saturated heterocycles. The van der Waals surface area contributed by atoms with Crippen LogP contribution in [-0.4, -0.2) is 40.0 Å². The highest BCUT2D eigenvalue weighted by atomic mass is 16.3. The number of amides is 1. The maximum atomic E-state index is 12.4. The second-order valence-electron chi connectivity index (χ2n) is 4.92. The fourth-order valence-electron chi connectivity index (χ4n) is 2.37. The van der Waals surface area contributed by atoms with Crippen molar-refractivity contribution in [2.24, 2.45) is 11.7 Å². The van der Waals surface area contributed by atoms with E-state index in [1.165, 1.54) is 18.5 Å². The van der Waals surface area contributed by atoms with Gasteiger partial charge in [0.2, 0.25) is 0 Å². The van der Waals surface area contributed by atoms with E-state index < -0.39 is 0 Å². The molecule has 98 valence electrons. The van der Waals surface area contributed by atoms with Gasteiger partial charge in [-0.05, 0) is 38.3 Å². The first-order chi connectivity index (χ1) is 8.61. The lowest BCUT2D eigenvalue weighted by molar-refractivity contribution is 0.0566. The number of aromatic nitrogens is 1. The molecule has 0 bridgehead atoms. The zero-order valence-electron chi connectivity index (χ0n) is 10.5. The molecule has 0 aromatic carbocycles. The Labute approximate surface area is 107 Å². The molecule has 5 heteroatoms. The fourth-order valence-corrected chi connectivity index (χ4v) is 2.37. The summed E-state index contributed by atoms with van der Waals surface area (Å²) in [6.45, 7) is 3.34. The molecule has 2 unspecified atom stereocenters. The Kier molecular flexibility index (Phi) is 3.81. The lowest BCUT2D eigenvalue weighted by Crippen LogP contribution is -2.47. The smallest absolute Gasteiger partial charge is 0.255 e. The minimum absolute atomic E-state index is 0.0147. The minimum atomic E-state index is -0.0796. The summed E-state index contributed by atoms with van der Waals surface area (Å²) in [5.41, 5.74) is 6.11. The number of nitrogens with two attached hydrogens (primary N) is 1. The molecule has 1 aliphatic heterocycles. The van der Waals surface area contributed by atoms with Crippen LogP contribution in [0.15, 0.2) is 18.5 Å². The molecule has 0 spiro atoms. The molecule has 2 heterocycles. The van der Waals surface area contributed by atoms with Gasteiger partial charge in [0.15, 0.2) is 0 Å². The van der Waals surface area contributed by atoms with Crippen LogP contribution in [0.5, 0.6) is 5.75 Å². The number of hydrogen-bond donors (Lipinski definition) is 2. The summed E-state index contributed by atoms with van der Waals surface area (Å²) in [6.07, 6.45) is 4.85. The molecule has 0 aliphatic carbocycles. The molecule has 1 aliphatic rings. The van der Waals surface area contributed by atoms with Gasteiger partial charge in [-0.3, -0.25) is 9.78 Å². The highest BCUT2D eigenvalue weighted by Crippen LogP contribution is 2.23. The van der Waals surface area contributed by atoms with Crippen molar-refractivity contribution in [1.29, 1.82) is 0 Å². The van der Waals surface area contributed by atoms with Gasteiger partial charge < -0.3 is 15.7 Å². The van der Waals surface area contributed by atoms with Crippen molar-refractivity contribution >= 4 is 5.91 Å². The molecule has 1 fully saturated rings. The number of pyridine rings is 1. The van der Waals surface area contributed by atoms with E-state index in [2.05, 4.69) is 4.98 Å². The number of carbonyl (C=O) groups excluding carboxylic acids is 1. The van der Waals surface area contributed by atoms with Crippen molar-refractivity contribution in [3.05, 3.63) is 24.0 Å². The third-order valence-electron chi connectivity index (χ3n) is 3.54. The summed E-state index contributed by atoms with van der Waals surface area (Å²) < 4.78 is 0. The number of likely N-dealkylation sites (tertiary alicyclic amines) is 1. The summed E-state index contributed by atoms with van der Waals surface area (Å²) in [6, 6.07) is 1.66. The van der Waals surface area contributed by atoms with Crippen molar-refractivity contribution in [3.8, 4) is 5.75 Å². The Balaban J connectivity index is 2.16. The first kappa shape index (κ1) is 12.8. The summed E-state index contributed by atoms with van der Waals surface area (Å²) in [5.74, 6) is 0.306. The van der Waals surface area contributed by atoms with Gasteiger partial charge in [-0.2, -0.15) is 0 Å². The molecule has 2 rings (SSSR count). The van der Waals surface area contributed by atoms with E-state index in [0.29, 0.717) is 24.6 Å². The van der Waals surface area contributed by atoms with E-state index in [9.17, 15) is 9.90 Å². The van der Waals surface area contributed by atoms with Crippen LogP contribution in [0.1, 0.15) is 30.1 Å². The first-order valence-corrected chi connectivity index (χ1v) is 6.27. The quantitative estimate of drug-likeness (QED) is 0.819. The average molecular weight is 249 g/mol. The predicted molar refractivity (Wildman–Crippen MR) is 68.2 cm³/mol. The summed E-state index contributed by atoms with van der Waals surface area (Å²) in [5, 5.41) is 9.37. The van der Waals surface area contributed by atoms with Crippen molar-refractivity contribution in [1.82, 2.24) is 9.88 Å². The zero-order chi connectivity index (χ0) is 13.1. The standard InChI is InChI=1S/C13H19N3O2/c1-9-2-3-10(5-14)8-16(9)13(18)11-4-12(17)7-15-6-11/h4,6-7,9-10,17H,2-3,5,8,14H2,1H3. The predicted octanol–water partition coefficient (Wildman–Crippen LogP) is 0.987. The molecule has 18 heavy (non-hydrogen) atoms. The topological polar surface area (TPSA) is 79.5 Å². The monoisotopic (exact) mass is 249 g/mol. The van der Waals surface area contributed by atoms with Gasteiger partial charge in [-0.1, -0.05) is 0 Å². The van der Waals surface area contributed by atoms with Crippen LogP contribution in [0, 0.1) is 5.92 Å². The Hall–Kier alpha value is -1.62. The van der Waals surface area contributed by atoms with Crippen molar-refractivity contribution in [3.63, 3.8) is 0 Å². The first-order valence-electron chi connectivity index (χ1n) is 6.27. The Bertz CT molecular complexity index is 436. The van der Waals surface area contributed by atoms with Gasteiger partial charge in [-0.25, -0.2) is 0 Å². The summed E-state index contributed by atoms with van der Waals surface area (Å²) >= 11 is 0. The molecule has 3 N–H and O–H groups in total. The van der Waals surface area contributed by atoms with Gasteiger partial charge in [0.1, 0.15) is 5.75 Å². The maximum Gasteiger partial charge on any atom is 0.255 e. The van der Waals surface area contributed by atoms with Crippen LogP contribution in [0.3, 0.4) is 0 Å². The second-order valence-corrected chi connectivity index (χ2v) is 4.92. The molecule has 0 saturated carbocycles. The molecule has 5 nitrogen and oxygen atoms in total. The fraction of sp³-hybridized carbons (Fsp3) is 0.538. The van der Waals surface area contributed by atoms with E-state index >= 15 is 0 Å². The number of hydrogen-bond acceptors (Lipinski definition) is 4. The van der Waals surface area contributed by atoms with Crippen LogP contribution in [0.4, 0.5) is 0 Å². The van der Waals surface area contributed by atoms with Crippen LogP contribution >= 0.6 is 0 Å². The summed E-state index contributed by atoms with van der Waals surface area (Å²) in [4.78, 5) is 18.0. The third kappa shape index (κ3) is 2.61. The number of piperidine rings is 1. The number of carbonyl (C=O) groups is 1. The lowest BCUT2D eigenvalue weighted by Gasteiger charge is -2.37. The third-order valence-corrected chi connectivity index (χ3v) is 3.54. The Morgan fingerprint density at radius 3 is 3.00 bits per heavy atom. The van der Waals surface area contributed by atoms with E-state index in [4.69, 9.17) is 5.73 Å². The van der Waals surface area contributed by atoms with E-state index in [1.807, 2.05) is 11.8 Å². The molecule has 0 radical (unpaired) electrons. The lowest BCUT2D eigenvalue weighted by atomic mass is 9.93. The van der Waals surface area contributed by atoms with E-state index in [1.54, 1.807) is 0 Å². The molecular weight excluding hydrogens is 230 g/mol. The van der Waals surface area contributed by atoms with Crippen molar-refractivity contribution in [2.45, 2.75) is 25.8 Å². The number of rotatable bonds is 2. The van der Waals surface area contributed by atoms with Crippen molar-refractivity contribution < 1.29 is 9.90 Å². The SMILES string of the molecule is CC1CCC(CN)CN1C(=O)c1cncc(O)c1. The van der Waals surface area contributed by atoms with Gasteiger partial charge in [0, 0.05) is 18.8 Å². The summed E-state index contributed by atoms with van der Waals surface area (Å²) in [7, 11) is 0. The molecule has 1 aromatic heterocycles. The highest BCUT2D eigenvalue weighted by Gasteiger charge is 2.29. The van der Waals surface area contributed by atoms with Gasteiger partial charge >= 0.3 is 0 Å². The normalized spacial score (nSPS) is 24.0. The maximum absolute atomic E-state index is 12.4. The van der Waals surface area contributed by atoms with Crippen molar-refractivity contribution in [2.75, 3.05) is 13.1 Å². The number of aromatic hydroxyl groups is 1. The van der Waals surface area contributed by atoms with Gasteiger partial charge in [0.25, 0.3) is 5.91 Å². The van der Waals surface area contributed by atoms with Crippen LogP contribution in [0.2, 0.25) is 0 Å². The Morgan fingerprint density at radius 1 is 1.56 bits per heavy atom. The van der Waals surface area contributed by atoms with Gasteiger partial charge in [0.05, 0.1) is 11.8 Å². The highest BCUT2D eigenvalue weighted by molar-refractivity contribution is 5.94. The molecule has 1 aromatic rings. The van der Waals surface area contributed by atoms with Crippen LogP contribution in [0.25, 0.3) is 0 Å². The molecule has 1 amide bonds. The zero-order valence-corrected chi connectivity index (χ0v) is 10.5. The largest absolute Gasteiger partial charge is 0.506 e. The molecule has 2 atom stereocenters. The Morgan fingerprint density at radius 2 is 2.33 bits per heavy atom. The van der Waals surface area contributed by atoms with Crippen LogP contribution < -0.4 is 5.73 Å². The van der Waals surface area contributed by atoms with Crippen LogP contribution in [-0.2, 0) is 0 Å². The number of nitrogens with zero attached hydrogens (tertiary/aromatic N) is 2. The van der Waals surface area contributed by atoms with Gasteiger partial charge in [-0.15, -0.1) is 0 Å². The van der Waals surface area contributed by atoms with E-state index in [-0.39, 0.29) is 17.7 Å². The average Bonchev–Trinajstić information content (AvgIpc) is 2.38. The minimum Gasteiger partial charge on any atom is -0.506 e. The van der Waals surface area contributed by atoms with E-state index in [0.717, 1.165) is 12.8 Å². The molecular formula is C13H19N3O2.